The molecule has 0 fully saturated rings. The van der Waals surface area contributed by atoms with Crippen LogP contribution in [-0.4, -0.2) is 32.6 Å². The quantitative estimate of drug-likeness (QED) is 0.756. The van der Waals surface area contributed by atoms with Crippen LogP contribution in [0.15, 0.2) is 22.7 Å². The minimum absolute atomic E-state index is 0.0726. The molecule has 1 aromatic carbocycles. The normalized spacial score (nSPS) is 10.4. The van der Waals surface area contributed by atoms with Crippen LogP contribution in [0.2, 0.25) is 0 Å². The van der Waals surface area contributed by atoms with E-state index in [0.29, 0.717) is 6.61 Å². The first kappa shape index (κ1) is 14.2. The maximum absolute atomic E-state index is 11.3. The predicted molar refractivity (Wildman–Crippen MR) is 73.9 cm³/mol. The second-order valence-electron chi connectivity index (χ2n) is 3.79. The average Bonchev–Trinajstić information content (AvgIpc) is 2.29. The lowest BCUT2D eigenvalue weighted by molar-refractivity contribution is 0.101. The van der Waals surface area contributed by atoms with E-state index in [-0.39, 0.29) is 5.78 Å². The Labute approximate surface area is 111 Å². The Hall–Kier alpha value is -0.870. The number of anilines is 1. The van der Waals surface area contributed by atoms with Crippen LogP contribution >= 0.6 is 15.9 Å². The number of ether oxygens (including phenoxy) is 1. The van der Waals surface area contributed by atoms with Crippen molar-refractivity contribution in [2.45, 2.75) is 13.8 Å². The van der Waals surface area contributed by atoms with Gasteiger partial charge in [-0.25, -0.2) is 0 Å². The molecule has 94 valence electrons. The van der Waals surface area contributed by atoms with Crippen LogP contribution in [0.5, 0.6) is 0 Å². The van der Waals surface area contributed by atoms with Crippen LogP contribution in [-0.2, 0) is 4.74 Å². The van der Waals surface area contributed by atoms with Crippen LogP contribution in [0.1, 0.15) is 24.2 Å². The number of hydrogen-bond acceptors (Lipinski definition) is 3. The molecule has 0 amide bonds. The Morgan fingerprint density at radius 1 is 1.47 bits per heavy atom. The molecule has 1 aromatic rings. The first-order valence-corrected chi connectivity index (χ1v) is 6.43. The molecule has 0 heterocycles. The minimum Gasteiger partial charge on any atom is -0.383 e. The van der Waals surface area contributed by atoms with Crippen molar-refractivity contribution in [3.8, 4) is 0 Å². The molecule has 0 spiro atoms. The van der Waals surface area contributed by atoms with Gasteiger partial charge in [0.1, 0.15) is 0 Å². The zero-order valence-corrected chi connectivity index (χ0v) is 12.1. The van der Waals surface area contributed by atoms with Crippen molar-refractivity contribution >= 4 is 27.4 Å². The SMILES string of the molecule is CCN(CCOC)c1ccc(C(C)=O)c(Br)c1. The van der Waals surface area contributed by atoms with Gasteiger partial charge < -0.3 is 9.64 Å². The van der Waals surface area contributed by atoms with E-state index < -0.39 is 0 Å². The van der Waals surface area contributed by atoms with Gasteiger partial charge >= 0.3 is 0 Å². The predicted octanol–water partition coefficient (Wildman–Crippen LogP) is 3.12. The van der Waals surface area contributed by atoms with Crippen molar-refractivity contribution in [1.29, 1.82) is 0 Å². The van der Waals surface area contributed by atoms with Gasteiger partial charge in [0.15, 0.2) is 5.78 Å². The first-order valence-electron chi connectivity index (χ1n) is 5.64. The monoisotopic (exact) mass is 299 g/mol. The van der Waals surface area contributed by atoms with Crippen LogP contribution in [0, 0.1) is 0 Å². The molecule has 0 aliphatic carbocycles. The molecule has 0 aliphatic rings. The van der Waals surface area contributed by atoms with Crippen LogP contribution < -0.4 is 4.90 Å². The number of ketones is 1. The smallest absolute Gasteiger partial charge is 0.160 e. The van der Waals surface area contributed by atoms with E-state index in [1.54, 1.807) is 14.0 Å². The summed E-state index contributed by atoms with van der Waals surface area (Å²) in [6.45, 7) is 6.12. The summed E-state index contributed by atoms with van der Waals surface area (Å²) in [5.41, 5.74) is 1.82. The number of benzene rings is 1. The molecule has 4 heteroatoms. The van der Waals surface area contributed by atoms with Gasteiger partial charge in [-0.1, -0.05) is 0 Å². The number of methoxy groups -OCH3 is 1. The summed E-state index contributed by atoms with van der Waals surface area (Å²) in [6, 6.07) is 5.81. The fraction of sp³-hybridized carbons (Fsp3) is 0.462. The fourth-order valence-corrected chi connectivity index (χ4v) is 2.30. The number of rotatable bonds is 6. The van der Waals surface area contributed by atoms with Gasteiger partial charge in [-0.2, -0.15) is 0 Å². The van der Waals surface area contributed by atoms with E-state index in [1.807, 2.05) is 18.2 Å². The lowest BCUT2D eigenvalue weighted by Gasteiger charge is -2.23. The lowest BCUT2D eigenvalue weighted by Crippen LogP contribution is -2.26. The molecule has 3 nitrogen and oxygen atoms in total. The number of Topliss-reactive ketones (excluding diaryl/α,β-unsaturated/α-hetero) is 1. The van der Waals surface area contributed by atoms with Crippen molar-refractivity contribution in [2.24, 2.45) is 0 Å². The molecule has 0 aromatic heterocycles. The van der Waals surface area contributed by atoms with E-state index in [4.69, 9.17) is 4.74 Å². The molecule has 1 rings (SSSR count). The highest BCUT2D eigenvalue weighted by molar-refractivity contribution is 9.10. The molecule has 0 bridgehead atoms. The van der Waals surface area contributed by atoms with Crippen molar-refractivity contribution in [3.05, 3.63) is 28.2 Å². The zero-order chi connectivity index (χ0) is 12.8. The average molecular weight is 300 g/mol. The third kappa shape index (κ3) is 3.82. The second kappa shape index (κ2) is 6.77. The number of likely N-dealkylation sites (N-methyl/N-ethyl adjacent to an activating group) is 1. The van der Waals surface area contributed by atoms with Crippen LogP contribution in [0.4, 0.5) is 5.69 Å². The van der Waals surface area contributed by atoms with E-state index in [1.165, 1.54) is 0 Å². The minimum atomic E-state index is 0.0726. The summed E-state index contributed by atoms with van der Waals surface area (Å²) < 4.78 is 5.93. The molecule has 0 N–H and O–H groups in total. The Morgan fingerprint density at radius 3 is 2.65 bits per heavy atom. The fourth-order valence-electron chi connectivity index (χ4n) is 1.66. The molecular weight excluding hydrogens is 282 g/mol. The molecular formula is C13H18BrNO2. The van der Waals surface area contributed by atoms with Gasteiger partial charge in [0, 0.05) is 35.9 Å². The van der Waals surface area contributed by atoms with Gasteiger partial charge in [0.05, 0.1) is 6.61 Å². The third-order valence-electron chi connectivity index (χ3n) is 2.64. The highest BCUT2D eigenvalue weighted by Gasteiger charge is 2.09. The molecule has 0 saturated heterocycles. The van der Waals surface area contributed by atoms with Gasteiger partial charge in [-0.05, 0) is 48.0 Å². The first-order chi connectivity index (χ1) is 8.10. The maximum atomic E-state index is 11.3. The van der Waals surface area contributed by atoms with E-state index in [9.17, 15) is 4.79 Å². The highest BCUT2D eigenvalue weighted by atomic mass is 79.9. The Bertz CT molecular complexity index is 393. The molecule has 0 aliphatic heterocycles. The van der Waals surface area contributed by atoms with E-state index in [2.05, 4.69) is 27.8 Å². The summed E-state index contributed by atoms with van der Waals surface area (Å²) >= 11 is 3.43. The largest absolute Gasteiger partial charge is 0.383 e. The zero-order valence-electron chi connectivity index (χ0n) is 10.5. The standard InChI is InChI=1S/C13H18BrNO2/c1-4-15(7-8-17-3)11-5-6-12(10(2)16)13(14)9-11/h5-6,9H,4,7-8H2,1-3H3. The Kier molecular flexibility index (Phi) is 5.65. The van der Waals surface area contributed by atoms with Crippen LogP contribution in [0.25, 0.3) is 0 Å². The van der Waals surface area contributed by atoms with Crippen LogP contribution in [0.3, 0.4) is 0 Å². The lowest BCUT2D eigenvalue weighted by atomic mass is 10.1. The van der Waals surface area contributed by atoms with Crippen molar-refractivity contribution in [1.82, 2.24) is 0 Å². The number of nitrogens with zero attached hydrogens (tertiary/aromatic N) is 1. The summed E-state index contributed by atoms with van der Waals surface area (Å²) in [5, 5.41) is 0. The summed E-state index contributed by atoms with van der Waals surface area (Å²) in [5.74, 6) is 0.0726. The number of carbonyl (C=O) groups is 1. The maximum Gasteiger partial charge on any atom is 0.160 e. The molecule has 17 heavy (non-hydrogen) atoms. The van der Waals surface area contributed by atoms with Gasteiger partial charge in [-0.3, -0.25) is 4.79 Å². The van der Waals surface area contributed by atoms with E-state index in [0.717, 1.165) is 28.8 Å². The Morgan fingerprint density at radius 2 is 2.18 bits per heavy atom. The van der Waals surface area contributed by atoms with Crippen molar-refractivity contribution < 1.29 is 9.53 Å². The molecule has 0 atom stereocenters. The third-order valence-corrected chi connectivity index (χ3v) is 3.30. The summed E-state index contributed by atoms with van der Waals surface area (Å²) in [4.78, 5) is 13.5. The number of hydrogen-bond donors (Lipinski definition) is 0. The molecule has 0 radical (unpaired) electrons. The molecule has 0 unspecified atom stereocenters. The highest BCUT2D eigenvalue weighted by Crippen LogP contribution is 2.24. The van der Waals surface area contributed by atoms with Gasteiger partial charge in [0.25, 0.3) is 0 Å². The van der Waals surface area contributed by atoms with Crippen molar-refractivity contribution in [3.63, 3.8) is 0 Å². The van der Waals surface area contributed by atoms with Gasteiger partial charge in [0.2, 0.25) is 0 Å². The second-order valence-corrected chi connectivity index (χ2v) is 4.65. The van der Waals surface area contributed by atoms with E-state index >= 15 is 0 Å². The summed E-state index contributed by atoms with van der Waals surface area (Å²) in [7, 11) is 1.70. The number of carbonyl (C=O) groups excluding carboxylic acids is 1. The summed E-state index contributed by atoms with van der Waals surface area (Å²) in [6.07, 6.45) is 0. The van der Waals surface area contributed by atoms with Crippen molar-refractivity contribution in [2.75, 3.05) is 31.7 Å². The topological polar surface area (TPSA) is 29.5 Å². The van der Waals surface area contributed by atoms with Gasteiger partial charge in [-0.15, -0.1) is 0 Å². The number of halogens is 1. The molecule has 0 saturated carbocycles. The Balaban J connectivity index is 2.90.